The number of nitrogens with zero attached hydrogens (tertiary/aromatic N) is 3. The van der Waals surface area contributed by atoms with Gasteiger partial charge in [-0.05, 0) is 61.3 Å². The van der Waals surface area contributed by atoms with Gasteiger partial charge in [0.25, 0.3) is 5.56 Å². The van der Waals surface area contributed by atoms with E-state index in [1.54, 1.807) is 4.68 Å². The second-order valence-electron chi connectivity index (χ2n) is 7.76. The van der Waals surface area contributed by atoms with E-state index in [0.29, 0.717) is 23.4 Å². The molecule has 2 aromatic heterocycles. The molecule has 2 aliphatic rings. The first-order valence-electron chi connectivity index (χ1n) is 9.49. The summed E-state index contributed by atoms with van der Waals surface area (Å²) in [6.07, 6.45) is 8.69. The van der Waals surface area contributed by atoms with Crippen LogP contribution in [0.25, 0.3) is 16.7 Å². The summed E-state index contributed by atoms with van der Waals surface area (Å²) in [6.45, 7) is 0. The maximum absolute atomic E-state index is 12.4. The van der Waals surface area contributed by atoms with Gasteiger partial charge < -0.3 is 10.3 Å². The highest BCUT2D eigenvalue weighted by atomic mass is 16.1. The predicted octanol–water partition coefficient (Wildman–Crippen LogP) is 2.87. The fourth-order valence-electron chi connectivity index (χ4n) is 4.81. The Morgan fingerprint density at radius 1 is 1.22 bits per heavy atom. The normalized spacial score (nSPS) is 23.8. The highest BCUT2D eigenvalue weighted by Crippen LogP contribution is 2.49. The Morgan fingerprint density at radius 2 is 2.07 bits per heavy atom. The molecule has 3 atom stereocenters. The van der Waals surface area contributed by atoms with Crippen LogP contribution in [0.1, 0.15) is 32.1 Å². The Hall–Kier alpha value is -2.96. The van der Waals surface area contributed by atoms with Crippen LogP contribution in [0.15, 0.2) is 41.6 Å². The first-order chi connectivity index (χ1) is 13.2. The SMILES string of the molecule is O=C(CC1CC2CCC1C2)Nc1ccc(-n2ncc3c(=O)[nH]cnc32)cc1. The summed E-state index contributed by atoms with van der Waals surface area (Å²) in [4.78, 5) is 30.9. The lowest BCUT2D eigenvalue weighted by atomic mass is 9.86. The van der Waals surface area contributed by atoms with E-state index in [0.717, 1.165) is 23.2 Å². The number of aromatic amines is 1. The number of anilines is 1. The lowest BCUT2D eigenvalue weighted by Crippen LogP contribution is -2.20. The van der Waals surface area contributed by atoms with E-state index in [1.807, 2.05) is 24.3 Å². The summed E-state index contributed by atoms with van der Waals surface area (Å²) >= 11 is 0. The van der Waals surface area contributed by atoms with Crippen molar-refractivity contribution in [3.8, 4) is 5.69 Å². The van der Waals surface area contributed by atoms with Gasteiger partial charge >= 0.3 is 0 Å². The number of rotatable bonds is 4. The molecule has 1 aromatic carbocycles. The Balaban J connectivity index is 1.29. The molecule has 3 unspecified atom stereocenters. The number of carbonyl (C=O) groups is 1. The van der Waals surface area contributed by atoms with E-state index >= 15 is 0 Å². The zero-order valence-corrected chi connectivity index (χ0v) is 14.9. The fourth-order valence-corrected chi connectivity index (χ4v) is 4.81. The molecule has 7 heteroatoms. The summed E-state index contributed by atoms with van der Waals surface area (Å²) < 4.78 is 1.62. The minimum Gasteiger partial charge on any atom is -0.326 e. The lowest BCUT2D eigenvalue weighted by molar-refractivity contribution is -0.117. The number of fused-ring (bicyclic) bond motifs is 3. The monoisotopic (exact) mass is 363 g/mol. The number of benzene rings is 1. The van der Waals surface area contributed by atoms with Crippen molar-refractivity contribution in [2.45, 2.75) is 32.1 Å². The van der Waals surface area contributed by atoms with Crippen LogP contribution in [0.4, 0.5) is 5.69 Å². The van der Waals surface area contributed by atoms with Crippen molar-refractivity contribution in [1.29, 1.82) is 0 Å². The number of aromatic nitrogens is 4. The van der Waals surface area contributed by atoms with Crippen molar-refractivity contribution < 1.29 is 4.79 Å². The number of hydrogen-bond acceptors (Lipinski definition) is 4. The van der Waals surface area contributed by atoms with Gasteiger partial charge in [0.2, 0.25) is 5.91 Å². The van der Waals surface area contributed by atoms with E-state index in [-0.39, 0.29) is 11.5 Å². The van der Waals surface area contributed by atoms with Crippen LogP contribution in [0.5, 0.6) is 0 Å². The molecule has 2 fully saturated rings. The van der Waals surface area contributed by atoms with Crippen LogP contribution in [0.3, 0.4) is 0 Å². The molecule has 0 saturated heterocycles. The summed E-state index contributed by atoms with van der Waals surface area (Å²) in [5, 5.41) is 7.71. The van der Waals surface area contributed by atoms with Crippen molar-refractivity contribution in [2.24, 2.45) is 17.8 Å². The molecule has 1 amide bonds. The summed E-state index contributed by atoms with van der Waals surface area (Å²) in [5.74, 6) is 2.27. The molecular weight excluding hydrogens is 342 g/mol. The number of carbonyl (C=O) groups excluding carboxylic acids is 1. The molecule has 27 heavy (non-hydrogen) atoms. The standard InChI is InChI=1S/C20H21N5O2/c26-18(9-14-8-12-1-2-13(14)7-12)24-15-3-5-16(6-4-15)25-19-17(10-23-25)20(27)22-11-21-19/h3-6,10-14H,1-2,7-9H2,(H,24,26)(H,21,22,27). The molecule has 2 saturated carbocycles. The molecule has 2 bridgehead atoms. The predicted molar refractivity (Wildman–Crippen MR) is 102 cm³/mol. The minimum atomic E-state index is -0.212. The molecule has 2 N–H and O–H groups in total. The quantitative estimate of drug-likeness (QED) is 0.745. The van der Waals surface area contributed by atoms with Crippen LogP contribution in [-0.2, 0) is 4.79 Å². The molecular formula is C20H21N5O2. The third-order valence-corrected chi connectivity index (χ3v) is 6.10. The third kappa shape index (κ3) is 2.93. The largest absolute Gasteiger partial charge is 0.326 e. The van der Waals surface area contributed by atoms with Gasteiger partial charge in [-0.3, -0.25) is 9.59 Å². The van der Waals surface area contributed by atoms with E-state index in [4.69, 9.17) is 0 Å². The Morgan fingerprint density at radius 3 is 2.81 bits per heavy atom. The molecule has 5 rings (SSSR count). The molecule has 138 valence electrons. The fraction of sp³-hybridized carbons (Fsp3) is 0.400. The van der Waals surface area contributed by atoms with Crippen LogP contribution in [0, 0.1) is 17.8 Å². The first-order valence-corrected chi connectivity index (χ1v) is 9.49. The zero-order chi connectivity index (χ0) is 18.4. The van der Waals surface area contributed by atoms with E-state index in [9.17, 15) is 9.59 Å². The van der Waals surface area contributed by atoms with Crippen molar-refractivity contribution in [3.63, 3.8) is 0 Å². The van der Waals surface area contributed by atoms with Crippen molar-refractivity contribution in [3.05, 3.63) is 47.1 Å². The highest BCUT2D eigenvalue weighted by molar-refractivity contribution is 5.91. The summed E-state index contributed by atoms with van der Waals surface area (Å²) in [5.41, 5.74) is 1.85. The molecule has 7 nitrogen and oxygen atoms in total. The Labute approximate surface area is 155 Å². The third-order valence-electron chi connectivity index (χ3n) is 6.10. The smallest absolute Gasteiger partial charge is 0.261 e. The average Bonchev–Trinajstić information content (AvgIpc) is 3.38. The van der Waals surface area contributed by atoms with Gasteiger partial charge in [-0.25, -0.2) is 9.67 Å². The van der Waals surface area contributed by atoms with E-state index in [1.165, 1.54) is 38.2 Å². The lowest BCUT2D eigenvalue weighted by Gasteiger charge is -2.20. The van der Waals surface area contributed by atoms with Crippen LogP contribution in [0.2, 0.25) is 0 Å². The zero-order valence-electron chi connectivity index (χ0n) is 14.9. The van der Waals surface area contributed by atoms with E-state index < -0.39 is 0 Å². The average molecular weight is 363 g/mol. The maximum atomic E-state index is 12.4. The second kappa shape index (κ2) is 6.33. The van der Waals surface area contributed by atoms with Crippen LogP contribution in [-0.4, -0.2) is 25.7 Å². The molecule has 3 aromatic rings. The van der Waals surface area contributed by atoms with Crippen molar-refractivity contribution in [1.82, 2.24) is 19.7 Å². The Bertz CT molecular complexity index is 1050. The molecule has 0 spiro atoms. The van der Waals surface area contributed by atoms with Crippen molar-refractivity contribution >= 4 is 22.6 Å². The van der Waals surface area contributed by atoms with E-state index in [2.05, 4.69) is 20.4 Å². The molecule has 2 heterocycles. The van der Waals surface area contributed by atoms with Gasteiger partial charge in [0, 0.05) is 12.1 Å². The number of amides is 1. The minimum absolute atomic E-state index is 0.0954. The second-order valence-corrected chi connectivity index (χ2v) is 7.76. The van der Waals surface area contributed by atoms with Crippen molar-refractivity contribution in [2.75, 3.05) is 5.32 Å². The summed E-state index contributed by atoms with van der Waals surface area (Å²) in [7, 11) is 0. The number of nitrogens with one attached hydrogen (secondary N) is 2. The number of hydrogen-bond donors (Lipinski definition) is 2. The van der Waals surface area contributed by atoms with Crippen LogP contribution < -0.4 is 10.9 Å². The van der Waals surface area contributed by atoms with Gasteiger partial charge in [-0.1, -0.05) is 6.42 Å². The van der Waals surface area contributed by atoms with Gasteiger partial charge in [0.05, 0.1) is 18.2 Å². The Kier molecular flexibility index (Phi) is 3.81. The molecule has 0 aliphatic heterocycles. The molecule has 2 aliphatic carbocycles. The number of H-pyrrole nitrogens is 1. The van der Waals surface area contributed by atoms with Gasteiger partial charge in [0.15, 0.2) is 5.65 Å². The van der Waals surface area contributed by atoms with Gasteiger partial charge in [-0.2, -0.15) is 5.10 Å². The first kappa shape index (κ1) is 16.2. The summed E-state index contributed by atoms with van der Waals surface area (Å²) in [6, 6.07) is 7.44. The van der Waals surface area contributed by atoms with Crippen LogP contribution >= 0.6 is 0 Å². The molecule has 0 radical (unpaired) electrons. The topological polar surface area (TPSA) is 92.7 Å². The van der Waals surface area contributed by atoms with Gasteiger partial charge in [-0.15, -0.1) is 0 Å². The van der Waals surface area contributed by atoms with Gasteiger partial charge in [0.1, 0.15) is 5.39 Å². The highest BCUT2D eigenvalue weighted by Gasteiger charge is 2.40. The maximum Gasteiger partial charge on any atom is 0.261 e.